The molecule has 0 radical (unpaired) electrons. The number of hydrogen-bond donors (Lipinski definition) is 3. The molecule has 0 saturated carbocycles. The van der Waals surface area contributed by atoms with Crippen molar-refractivity contribution in [2.75, 3.05) is 18.4 Å². The van der Waals surface area contributed by atoms with Crippen LogP contribution in [0.25, 0.3) is 44.6 Å². The number of carbonyl (C=O) groups is 1. The summed E-state index contributed by atoms with van der Waals surface area (Å²) in [5.41, 5.74) is 10.2. The number of aliphatic carboxylic acids is 1. The van der Waals surface area contributed by atoms with Crippen molar-refractivity contribution in [3.8, 4) is 28.7 Å². The van der Waals surface area contributed by atoms with Gasteiger partial charge in [-0.15, -0.1) is 0 Å². The molecular weight excluding hydrogens is 640 g/mol. The Bertz CT molecular complexity index is 2310. The smallest absolute Gasteiger partial charge is 0.307 e. The van der Waals surface area contributed by atoms with E-state index >= 15 is 0 Å². The number of carboxylic acid groups (broad SMARTS) is 1. The van der Waals surface area contributed by atoms with Gasteiger partial charge in [0, 0.05) is 42.1 Å². The monoisotopic (exact) mass is 680 g/mol. The molecule has 3 aromatic carbocycles. The zero-order valence-corrected chi connectivity index (χ0v) is 29.0. The quantitative estimate of drug-likeness (QED) is 0.123. The van der Waals surface area contributed by atoms with Crippen LogP contribution < -0.4 is 5.32 Å². The van der Waals surface area contributed by atoms with E-state index in [0.29, 0.717) is 54.4 Å². The van der Waals surface area contributed by atoms with E-state index in [2.05, 4.69) is 53.3 Å². The molecule has 1 aliphatic heterocycles. The van der Waals surface area contributed by atoms with Crippen molar-refractivity contribution >= 4 is 39.5 Å². The molecule has 258 valence electrons. The first kappa shape index (κ1) is 33.8. The summed E-state index contributed by atoms with van der Waals surface area (Å²) in [6, 6.07) is 22.3. The standard InChI is InChI=1S/C41H40N6O4/c1-24(48)7-4-8-27-17-29-13-15-43-39(37(29)44-21-27)45-35-12-6-10-33(26(35)3)32-9-5-11-34(25(32)2)40-46-36-19-28(18-31(20-42)38(36)51-40)22-47-16-14-30(23-47)41(49)50/h5-6,9-13,15,17-19,21,24,30,48H,4,7-8,14,16,22-23H2,1-3H3,(H,43,45)(H,49,50)/t24-,30+/m0/s1. The lowest BCUT2D eigenvalue weighted by atomic mass is 9.93. The van der Waals surface area contributed by atoms with E-state index in [4.69, 9.17) is 14.4 Å². The van der Waals surface area contributed by atoms with E-state index in [1.54, 1.807) is 6.20 Å². The van der Waals surface area contributed by atoms with Gasteiger partial charge in [0.25, 0.3) is 0 Å². The second kappa shape index (κ2) is 14.3. The highest BCUT2D eigenvalue weighted by atomic mass is 16.4. The van der Waals surface area contributed by atoms with Gasteiger partial charge in [-0.05, 0) is 123 Å². The largest absolute Gasteiger partial charge is 0.481 e. The molecule has 0 bridgehead atoms. The van der Waals surface area contributed by atoms with Crippen LogP contribution in [0.4, 0.5) is 11.5 Å². The maximum Gasteiger partial charge on any atom is 0.307 e. The highest BCUT2D eigenvalue weighted by Crippen LogP contribution is 2.38. The zero-order valence-electron chi connectivity index (χ0n) is 29.0. The Balaban J connectivity index is 1.16. The SMILES string of the molecule is Cc1c(Nc2nccc3cc(CCC[C@H](C)O)cnc23)cccc1-c1cccc(-c2nc3cc(CN4CC[C@@H](C(=O)O)C4)cc(C#N)c3o2)c1C. The second-order valence-corrected chi connectivity index (χ2v) is 13.6. The van der Waals surface area contributed by atoms with Gasteiger partial charge in [0.05, 0.1) is 17.6 Å². The minimum Gasteiger partial charge on any atom is -0.481 e. The molecule has 7 rings (SSSR count). The topological polar surface area (TPSA) is 148 Å². The van der Waals surface area contributed by atoms with E-state index < -0.39 is 5.97 Å². The molecule has 1 fully saturated rings. The molecule has 51 heavy (non-hydrogen) atoms. The third-order valence-electron chi connectivity index (χ3n) is 9.88. The van der Waals surface area contributed by atoms with Crippen molar-refractivity contribution in [2.45, 2.75) is 59.1 Å². The van der Waals surface area contributed by atoms with Crippen LogP contribution >= 0.6 is 0 Å². The maximum absolute atomic E-state index is 11.4. The maximum atomic E-state index is 11.4. The van der Waals surface area contributed by atoms with Crippen LogP contribution in [0.3, 0.4) is 0 Å². The van der Waals surface area contributed by atoms with Crippen molar-refractivity contribution in [1.82, 2.24) is 19.9 Å². The summed E-state index contributed by atoms with van der Waals surface area (Å²) in [4.78, 5) is 27.8. The Morgan fingerprint density at radius 1 is 1.06 bits per heavy atom. The van der Waals surface area contributed by atoms with Crippen molar-refractivity contribution in [3.05, 3.63) is 101 Å². The van der Waals surface area contributed by atoms with E-state index in [1.165, 1.54) is 0 Å². The second-order valence-electron chi connectivity index (χ2n) is 13.6. The van der Waals surface area contributed by atoms with Gasteiger partial charge < -0.3 is 19.9 Å². The van der Waals surface area contributed by atoms with Crippen molar-refractivity contribution < 1.29 is 19.4 Å². The number of aliphatic hydroxyl groups is 1. The van der Waals surface area contributed by atoms with Crippen LogP contribution in [-0.4, -0.2) is 55.2 Å². The Morgan fingerprint density at radius 2 is 1.84 bits per heavy atom. The van der Waals surface area contributed by atoms with Crippen LogP contribution in [0, 0.1) is 31.1 Å². The first-order valence-corrected chi connectivity index (χ1v) is 17.4. The van der Waals surface area contributed by atoms with Crippen LogP contribution in [-0.2, 0) is 17.8 Å². The lowest BCUT2D eigenvalue weighted by Gasteiger charge is -2.16. The van der Waals surface area contributed by atoms with Crippen LogP contribution in [0.2, 0.25) is 0 Å². The molecular formula is C41H40N6O4. The number of fused-ring (bicyclic) bond motifs is 2. The lowest BCUT2D eigenvalue weighted by molar-refractivity contribution is -0.141. The van der Waals surface area contributed by atoms with Gasteiger partial charge in [0.15, 0.2) is 11.4 Å². The van der Waals surface area contributed by atoms with Crippen LogP contribution in [0.15, 0.2) is 77.5 Å². The third-order valence-corrected chi connectivity index (χ3v) is 9.88. The molecule has 0 amide bonds. The number of anilines is 2. The highest BCUT2D eigenvalue weighted by molar-refractivity contribution is 5.91. The predicted molar refractivity (Wildman–Crippen MR) is 198 cm³/mol. The number of carboxylic acids is 1. The number of aryl methyl sites for hydroxylation is 1. The molecule has 3 aromatic heterocycles. The lowest BCUT2D eigenvalue weighted by Crippen LogP contribution is -2.22. The van der Waals surface area contributed by atoms with E-state index in [-0.39, 0.29) is 12.0 Å². The number of nitrogens with zero attached hydrogens (tertiary/aromatic N) is 5. The molecule has 6 aromatic rings. The Hall–Kier alpha value is -5.63. The number of rotatable bonds is 11. The molecule has 2 atom stereocenters. The molecule has 3 N–H and O–H groups in total. The van der Waals surface area contributed by atoms with E-state index in [9.17, 15) is 20.3 Å². The average Bonchev–Trinajstić information content (AvgIpc) is 3.77. The third kappa shape index (κ3) is 7.04. The molecule has 1 aliphatic rings. The zero-order chi connectivity index (χ0) is 35.6. The minimum atomic E-state index is -0.767. The van der Waals surface area contributed by atoms with Gasteiger partial charge in [-0.1, -0.05) is 24.3 Å². The van der Waals surface area contributed by atoms with Gasteiger partial charge in [-0.25, -0.2) is 9.97 Å². The van der Waals surface area contributed by atoms with Gasteiger partial charge in [-0.3, -0.25) is 14.7 Å². The fourth-order valence-corrected chi connectivity index (χ4v) is 7.10. The molecule has 4 heterocycles. The van der Waals surface area contributed by atoms with Gasteiger partial charge in [0.1, 0.15) is 17.1 Å². The summed E-state index contributed by atoms with van der Waals surface area (Å²) in [5, 5.41) is 33.6. The fraction of sp³-hybridized carbons (Fsp3) is 0.293. The predicted octanol–water partition coefficient (Wildman–Crippen LogP) is 7.95. The number of aromatic nitrogens is 3. The summed E-state index contributed by atoms with van der Waals surface area (Å²) < 4.78 is 6.27. The first-order chi connectivity index (χ1) is 24.7. The van der Waals surface area contributed by atoms with Crippen molar-refractivity contribution in [3.63, 3.8) is 0 Å². The summed E-state index contributed by atoms with van der Waals surface area (Å²) in [7, 11) is 0. The number of hydrogen-bond acceptors (Lipinski definition) is 9. The Kier molecular flexibility index (Phi) is 9.50. The summed E-state index contributed by atoms with van der Waals surface area (Å²) in [5.74, 6) is -0.0129. The Labute approximate surface area is 296 Å². The van der Waals surface area contributed by atoms with Crippen molar-refractivity contribution in [2.24, 2.45) is 5.92 Å². The van der Waals surface area contributed by atoms with Gasteiger partial charge >= 0.3 is 5.97 Å². The minimum absolute atomic E-state index is 0.305. The molecule has 10 nitrogen and oxygen atoms in total. The van der Waals surface area contributed by atoms with E-state index in [0.717, 1.165) is 74.8 Å². The number of aliphatic hydroxyl groups excluding tert-OH is 1. The fourth-order valence-electron chi connectivity index (χ4n) is 7.10. The molecule has 0 unspecified atom stereocenters. The number of pyridine rings is 2. The number of benzene rings is 3. The van der Waals surface area contributed by atoms with Crippen LogP contribution in [0.5, 0.6) is 0 Å². The number of oxazole rings is 1. The van der Waals surface area contributed by atoms with E-state index in [1.807, 2.05) is 55.6 Å². The Morgan fingerprint density at radius 3 is 2.61 bits per heavy atom. The first-order valence-electron chi connectivity index (χ1n) is 17.4. The molecule has 0 spiro atoms. The summed E-state index contributed by atoms with van der Waals surface area (Å²) >= 11 is 0. The number of nitriles is 1. The average molecular weight is 681 g/mol. The normalized spacial score (nSPS) is 15.3. The van der Waals surface area contributed by atoms with Gasteiger partial charge in [0.2, 0.25) is 5.89 Å². The van der Waals surface area contributed by atoms with Crippen molar-refractivity contribution in [1.29, 1.82) is 5.26 Å². The summed E-state index contributed by atoms with van der Waals surface area (Å²) in [6.07, 6.45) is 6.52. The number of nitrogens with one attached hydrogen (secondary N) is 1. The highest BCUT2D eigenvalue weighted by Gasteiger charge is 2.28. The molecule has 0 aliphatic carbocycles. The van der Waals surface area contributed by atoms with Gasteiger partial charge in [-0.2, -0.15) is 5.26 Å². The van der Waals surface area contributed by atoms with Crippen LogP contribution in [0.1, 0.15) is 54.0 Å². The molecule has 1 saturated heterocycles. The molecule has 10 heteroatoms. The summed E-state index contributed by atoms with van der Waals surface area (Å²) in [6.45, 7) is 7.69. The number of likely N-dealkylation sites (tertiary alicyclic amines) is 1.